The van der Waals surface area contributed by atoms with E-state index in [1.807, 2.05) is 6.07 Å². The first-order chi connectivity index (χ1) is 21.2. The molecule has 0 aromatic heterocycles. The average molecular weight is 612 g/mol. The minimum atomic E-state index is -3.68. The van der Waals surface area contributed by atoms with E-state index in [9.17, 15) is 23.1 Å². The van der Waals surface area contributed by atoms with Crippen LogP contribution in [0.3, 0.4) is 0 Å². The smallest absolute Gasteiger partial charge is 0.337 e. The molecule has 4 aromatic rings. The Morgan fingerprint density at radius 2 is 1.52 bits per heavy atom. The minimum absolute atomic E-state index is 0.0253. The van der Waals surface area contributed by atoms with Crippen molar-refractivity contribution in [1.29, 1.82) is 5.26 Å². The molecule has 0 unspecified atom stereocenters. The Morgan fingerprint density at radius 1 is 0.886 bits per heavy atom. The fraction of sp³-hybridized carbons (Fsp3) is 0.182. The Hall–Kier alpha value is -5.18. The van der Waals surface area contributed by atoms with Crippen LogP contribution in [0.25, 0.3) is 0 Å². The molecule has 1 heterocycles. The fourth-order valence-corrected chi connectivity index (χ4v) is 6.33. The van der Waals surface area contributed by atoms with Gasteiger partial charge in [-0.25, -0.2) is 13.2 Å². The van der Waals surface area contributed by atoms with Gasteiger partial charge in [-0.15, -0.1) is 0 Å². The Bertz CT molecular complexity index is 1790. The number of carboxylic acids is 1. The molecule has 0 saturated carbocycles. The molecule has 1 amide bonds. The zero-order valence-electron chi connectivity index (χ0n) is 23.5. The molecule has 1 saturated heterocycles. The summed E-state index contributed by atoms with van der Waals surface area (Å²) in [6.07, 6.45) is 0.998. The van der Waals surface area contributed by atoms with Crippen molar-refractivity contribution in [3.05, 3.63) is 114 Å². The third-order valence-corrected chi connectivity index (χ3v) is 8.98. The average Bonchev–Trinajstić information content (AvgIpc) is 3.03. The maximum absolute atomic E-state index is 13.0. The summed E-state index contributed by atoms with van der Waals surface area (Å²) >= 11 is 0. The van der Waals surface area contributed by atoms with E-state index < -0.39 is 16.0 Å². The van der Waals surface area contributed by atoms with Crippen LogP contribution in [0.15, 0.2) is 102 Å². The van der Waals surface area contributed by atoms with Crippen molar-refractivity contribution < 1.29 is 32.6 Å². The number of benzene rings is 4. The molecule has 0 radical (unpaired) electrons. The number of carbonyl (C=O) groups is 2. The Labute approximate surface area is 255 Å². The third kappa shape index (κ3) is 7.42. The van der Waals surface area contributed by atoms with Crippen LogP contribution in [-0.4, -0.2) is 48.9 Å². The van der Waals surface area contributed by atoms with Gasteiger partial charge in [-0.3, -0.25) is 4.79 Å². The molecule has 224 valence electrons. The summed E-state index contributed by atoms with van der Waals surface area (Å²) in [6, 6.07) is 28.4. The number of nitrogens with one attached hydrogen (secondary N) is 1. The van der Waals surface area contributed by atoms with E-state index in [1.54, 1.807) is 78.9 Å². The lowest BCUT2D eigenvalue weighted by molar-refractivity contribution is -0.115. The van der Waals surface area contributed by atoms with Crippen LogP contribution in [0.4, 0.5) is 5.69 Å². The highest BCUT2D eigenvalue weighted by atomic mass is 32.2. The Morgan fingerprint density at radius 3 is 2.18 bits per heavy atom. The largest absolute Gasteiger partial charge is 0.490 e. The molecular formula is C33H29N3O7S. The number of piperidine rings is 1. The van der Waals surface area contributed by atoms with Crippen molar-refractivity contribution in [1.82, 2.24) is 4.31 Å². The fourth-order valence-electron chi connectivity index (χ4n) is 4.81. The number of sulfonamides is 1. The Balaban J connectivity index is 1.10. The number of anilines is 1. The number of nitrogens with zero attached hydrogens (tertiary/aromatic N) is 2. The van der Waals surface area contributed by atoms with E-state index in [4.69, 9.17) is 14.7 Å². The van der Waals surface area contributed by atoms with Crippen LogP contribution in [0.1, 0.15) is 34.3 Å². The maximum Gasteiger partial charge on any atom is 0.337 e. The lowest BCUT2D eigenvalue weighted by Gasteiger charge is -2.31. The van der Waals surface area contributed by atoms with Gasteiger partial charge in [0.25, 0.3) is 0 Å². The third-order valence-electron chi connectivity index (χ3n) is 7.08. The van der Waals surface area contributed by atoms with Gasteiger partial charge < -0.3 is 19.9 Å². The SMILES string of the molecule is N#Cc1cccc(S(=O)(=O)N2CCC(Oc3ccc(Oc4ccc(CC(=O)Nc5ccccc5C(=O)O)cc4)cc3)CC2)c1. The molecular weight excluding hydrogens is 582 g/mol. The minimum Gasteiger partial charge on any atom is -0.490 e. The van der Waals surface area contributed by atoms with Crippen molar-refractivity contribution in [3.8, 4) is 23.3 Å². The molecule has 44 heavy (non-hydrogen) atoms. The van der Waals surface area contributed by atoms with Crippen LogP contribution in [-0.2, 0) is 21.2 Å². The number of hydrogen-bond acceptors (Lipinski definition) is 7. The van der Waals surface area contributed by atoms with E-state index >= 15 is 0 Å². The van der Waals surface area contributed by atoms with Gasteiger partial charge in [0, 0.05) is 13.1 Å². The van der Waals surface area contributed by atoms with Crippen LogP contribution in [0.2, 0.25) is 0 Å². The van der Waals surface area contributed by atoms with Crippen LogP contribution in [0.5, 0.6) is 17.2 Å². The second kappa shape index (κ2) is 13.4. The van der Waals surface area contributed by atoms with Crippen molar-refractivity contribution in [3.63, 3.8) is 0 Å². The highest BCUT2D eigenvalue weighted by Gasteiger charge is 2.30. The van der Waals surface area contributed by atoms with Gasteiger partial charge >= 0.3 is 5.97 Å². The molecule has 1 aliphatic rings. The standard InChI is InChI=1S/C33H29N3O7S/c34-22-24-4-3-5-29(20-24)44(40,41)36-18-16-28(17-19-36)43-27-14-12-26(13-15-27)42-25-10-8-23(9-11-25)21-32(37)35-31-7-2-1-6-30(31)33(38)39/h1-15,20,28H,16-19,21H2,(H,35,37)(H,38,39). The summed E-state index contributed by atoms with van der Waals surface area (Å²) < 4.78 is 39.4. The molecule has 5 rings (SSSR count). The molecule has 11 heteroatoms. The van der Waals surface area contributed by atoms with Gasteiger partial charge in [0.05, 0.1) is 34.2 Å². The molecule has 0 spiro atoms. The van der Waals surface area contributed by atoms with E-state index in [2.05, 4.69) is 5.32 Å². The van der Waals surface area contributed by atoms with Gasteiger partial charge in [0.15, 0.2) is 0 Å². The molecule has 10 nitrogen and oxygen atoms in total. The van der Waals surface area contributed by atoms with Gasteiger partial charge in [0.2, 0.25) is 15.9 Å². The van der Waals surface area contributed by atoms with Crippen molar-refractivity contribution in [2.45, 2.75) is 30.3 Å². The first-order valence-corrected chi connectivity index (χ1v) is 15.3. The number of ether oxygens (including phenoxy) is 2. The number of para-hydroxylation sites is 1. The number of aromatic carboxylic acids is 1. The number of amides is 1. The zero-order chi connectivity index (χ0) is 31.1. The van der Waals surface area contributed by atoms with Gasteiger partial charge in [-0.05, 0) is 85.1 Å². The Kier molecular flexibility index (Phi) is 9.23. The normalized spacial score (nSPS) is 13.9. The number of carboxylic acid groups (broad SMARTS) is 1. The van der Waals surface area contributed by atoms with E-state index in [1.165, 1.54) is 22.5 Å². The first-order valence-electron chi connectivity index (χ1n) is 13.9. The topological polar surface area (TPSA) is 146 Å². The zero-order valence-corrected chi connectivity index (χ0v) is 24.4. The predicted octanol–water partition coefficient (Wildman–Crippen LogP) is 5.46. The number of carbonyl (C=O) groups excluding carboxylic acids is 1. The monoisotopic (exact) mass is 611 g/mol. The van der Waals surface area contributed by atoms with E-state index in [0.29, 0.717) is 48.7 Å². The number of hydrogen-bond donors (Lipinski definition) is 2. The van der Waals surface area contributed by atoms with E-state index in [-0.39, 0.29) is 34.6 Å². The molecule has 1 fully saturated rings. The van der Waals surface area contributed by atoms with Crippen LogP contribution >= 0.6 is 0 Å². The van der Waals surface area contributed by atoms with Crippen LogP contribution in [0, 0.1) is 11.3 Å². The molecule has 0 atom stereocenters. The summed E-state index contributed by atoms with van der Waals surface area (Å²) in [5, 5.41) is 21.0. The maximum atomic E-state index is 13.0. The predicted molar refractivity (Wildman–Crippen MR) is 162 cm³/mol. The van der Waals surface area contributed by atoms with Gasteiger partial charge in [-0.2, -0.15) is 9.57 Å². The number of nitriles is 1. The molecule has 0 aliphatic carbocycles. The molecule has 4 aromatic carbocycles. The van der Waals surface area contributed by atoms with Crippen LogP contribution < -0.4 is 14.8 Å². The highest BCUT2D eigenvalue weighted by Crippen LogP contribution is 2.28. The summed E-state index contributed by atoms with van der Waals surface area (Å²) in [7, 11) is -3.68. The summed E-state index contributed by atoms with van der Waals surface area (Å²) in [5.41, 5.74) is 1.31. The van der Waals surface area contributed by atoms with Crippen molar-refractivity contribution in [2.24, 2.45) is 0 Å². The lowest BCUT2D eigenvalue weighted by atomic mass is 10.1. The molecule has 1 aliphatic heterocycles. The van der Waals surface area contributed by atoms with Gasteiger partial charge in [-0.1, -0.05) is 30.3 Å². The first kappa shape index (κ1) is 30.3. The second-order valence-corrected chi connectivity index (χ2v) is 12.1. The summed E-state index contributed by atoms with van der Waals surface area (Å²) in [4.78, 5) is 23.9. The molecule has 2 N–H and O–H groups in total. The number of rotatable bonds is 10. The van der Waals surface area contributed by atoms with Crippen molar-refractivity contribution >= 4 is 27.6 Å². The highest BCUT2D eigenvalue weighted by molar-refractivity contribution is 7.89. The quantitative estimate of drug-likeness (QED) is 0.240. The second-order valence-electron chi connectivity index (χ2n) is 10.2. The summed E-state index contributed by atoms with van der Waals surface area (Å²) in [6.45, 7) is 0.635. The van der Waals surface area contributed by atoms with E-state index in [0.717, 1.165) is 5.56 Å². The van der Waals surface area contributed by atoms with Crippen molar-refractivity contribution in [2.75, 3.05) is 18.4 Å². The van der Waals surface area contributed by atoms with Gasteiger partial charge in [0.1, 0.15) is 23.4 Å². The summed E-state index contributed by atoms with van der Waals surface area (Å²) in [5.74, 6) is 0.366. The molecule has 0 bridgehead atoms. The lowest BCUT2D eigenvalue weighted by Crippen LogP contribution is -2.41.